The van der Waals surface area contributed by atoms with Crippen molar-refractivity contribution in [3.63, 3.8) is 0 Å². The van der Waals surface area contributed by atoms with Gasteiger partial charge in [-0.25, -0.2) is 0 Å². The number of nitrogens with one attached hydrogen (secondary N) is 1. The molecule has 2 atom stereocenters. The highest BCUT2D eigenvalue weighted by Crippen LogP contribution is 2.18. The van der Waals surface area contributed by atoms with Gasteiger partial charge in [-0.2, -0.15) is 0 Å². The summed E-state index contributed by atoms with van der Waals surface area (Å²) in [4.78, 5) is 6.75. The molecule has 128 valence electrons. The lowest BCUT2D eigenvalue weighted by Gasteiger charge is -2.33. The predicted molar refractivity (Wildman–Crippen MR) is 94.4 cm³/mol. The Morgan fingerprint density at radius 2 is 2.04 bits per heavy atom. The molecular formula is C18H29N3O2. The van der Waals surface area contributed by atoms with Gasteiger partial charge in [0.05, 0.1) is 13.7 Å². The number of nitrogens with zero attached hydrogens (tertiary/aromatic N) is 2. The van der Waals surface area contributed by atoms with Crippen LogP contribution in [0.3, 0.4) is 0 Å². The van der Waals surface area contributed by atoms with Crippen molar-refractivity contribution in [1.29, 1.82) is 0 Å². The number of guanidine groups is 1. The molecule has 5 heteroatoms. The van der Waals surface area contributed by atoms with Gasteiger partial charge in [0.15, 0.2) is 5.96 Å². The molecule has 1 fully saturated rings. The van der Waals surface area contributed by atoms with E-state index < -0.39 is 0 Å². The number of aliphatic imine (C=N–C) groups is 1. The zero-order valence-corrected chi connectivity index (χ0v) is 14.7. The third kappa shape index (κ3) is 5.34. The number of likely N-dealkylation sites (tertiary alicyclic amines) is 1. The van der Waals surface area contributed by atoms with Crippen molar-refractivity contribution in [3.8, 4) is 11.5 Å². The highest BCUT2D eigenvalue weighted by molar-refractivity contribution is 5.80. The van der Waals surface area contributed by atoms with Gasteiger partial charge in [-0.1, -0.05) is 6.92 Å². The smallest absolute Gasteiger partial charge is 0.193 e. The topological polar surface area (TPSA) is 46.1 Å². The molecule has 1 N–H and O–H groups in total. The lowest BCUT2D eigenvalue weighted by Crippen LogP contribution is -2.48. The van der Waals surface area contributed by atoms with Gasteiger partial charge in [-0.05, 0) is 49.9 Å². The van der Waals surface area contributed by atoms with E-state index in [0.717, 1.165) is 43.0 Å². The molecule has 1 heterocycles. The molecule has 0 spiro atoms. The Morgan fingerprint density at radius 3 is 2.65 bits per heavy atom. The SMILES string of the molecule is CN=C(NCC(C)Oc1ccc(OC)cc1)N1CCCC(C)C1. The van der Waals surface area contributed by atoms with Crippen molar-refractivity contribution < 1.29 is 9.47 Å². The summed E-state index contributed by atoms with van der Waals surface area (Å²) in [6.45, 7) is 7.24. The summed E-state index contributed by atoms with van der Waals surface area (Å²) in [5.41, 5.74) is 0. The first-order valence-corrected chi connectivity index (χ1v) is 8.38. The zero-order chi connectivity index (χ0) is 16.7. The number of methoxy groups -OCH3 is 1. The average Bonchev–Trinajstić information content (AvgIpc) is 2.56. The maximum Gasteiger partial charge on any atom is 0.193 e. The molecule has 5 nitrogen and oxygen atoms in total. The molecule has 2 unspecified atom stereocenters. The van der Waals surface area contributed by atoms with Gasteiger partial charge < -0.3 is 19.7 Å². The summed E-state index contributed by atoms with van der Waals surface area (Å²) >= 11 is 0. The van der Waals surface area contributed by atoms with Crippen molar-refractivity contribution in [2.45, 2.75) is 32.8 Å². The fourth-order valence-electron chi connectivity index (χ4n) is 2.88. The van der Waals surface area contributed by atoms with E-state index >= 15 is 0 Å². The molecule has 2 rings (SSSR count). The number of benzene rings is 1. The molecule has 1 aliphatic heterocycles. The van der Waals surface area contributed by atoms with Gasteiger partial charge in [-0.15, -0.1) is 0 Å². The van der Waals surface area contributed by atoms with Crippen LogP contribution in [0.25, 0.3) is 0 Å². The summed E-state index contributed by atoms with van der Waals surface area (Å²) < 4.78 is 11.1. The molecule has 23 heavy (non-hydrogen) atoms. The van der Waals surface area contributed by atoms with E-state index in [1.54, 1.807) is 7.11 Å². The molecular weight excluding hydrogens is 290 g/mol. The molecule has 1 saturated heterocycles. The zero-order valence-electron chi connectivity index (χ0n) is 14.7. The second kappa shape index (κ2) is 8.65. The maximum absolute atomic E-state index is 5.93. The number of hydrogen-bond acceptors (Lipinski definition) is 3. The number of ether oxygens (including phenoxy) is 2. The maximum atomic E-state index is 5.93. The molecule has 0 bridgehead atoms. The molecule has 1 aliphatic rings. The summed E-state index contributed by atoms with van der Waals surface area (Å²) in [7, 11) is 3.51. The third-order valence-corrected chi connectivity index (χ3v) is 4.11. The summed E-state index contributed by atoms with van der Waals surface area (Å²) in [5.74, 6) is 3.39. The first-order valence-electron chi connectivity index (χ1n) is 8.38. The Kier molecular flexibility index (Phi) is 6.56. The van der Waals surface area contributed by atoms with Crippen LogP contribution in [0.1, 0.15) is 26.7 Å². The van der Waals surface area contributed by atoms with Crippen LogP contribution in [-0.4, -0.2) is 50.8 Å². The monoisotopic (exact) mass is 319 g/mol. The summed E-state index contributed by atoms with van der Waals surface area (Å²) in [6.07, 6.45) is 2.60. The fourth-order valence-corrected chi connectivity index (χ4v) is 2.88. The first kappa shape index (κ1) is 17.4. The van der Waals surface area contributed by atoms with Gasteiger partial charge in [0, 0.05) is 20.1 Å². The fraction of sp³-hybridized carbons (Fsp3) is 0.611. The van der Waals surface area contributed by atoms with Gasteiger partial charge >= 0.3 is 0 Å². The lowest BCUT2D eigenvalue weighted by molar-refractivity contribution is 0.217. The average molecular weight is 319 g/mol. The Bertz CT molecular complexity index is 501. The number of rotatable bonds is 5. The quantitative estimate of drug-likeness (QED) is 0.669. The van der Waals surface area contributed by atoms with E-state index in [0.29, 0.717) is 0 Å². The van der Waals surface area contributed by atoms with Crippen LogP contribution in [0.2, 0.25) is 0 Å². The van der Waals surface area contributed by atoms with E-state index in [-0.39, 0.29) is 6.10 Å². The molecule has 1 aromatic carbocycles. The summed E-state index contributed by atoms with van der Waals surface area (Å²) in [5, 5.41) is 3.43. The van der Waals surface area contributed by atoms with Crippen molar-refractivity contribution in [3.05, 3.63) is 24.3 Å². The molecule has 0 radical (unpaired) electrons. The molecule has 0 aliphatic carbocycles. The van der Waals surface area contributed by atoms with E-state index in [9.17, 15) is 0 Å². The van der Waals surface area contributed by atoms with Crippen LogP contribution in [0, 0.1) is 5.92 Å². The van der Waals surface area contributed by atoms with Crippen LogP contribution in [0.5, 0.6) is 11.5 Å². The van der Waals surface area contributed by atoms with Crippen LogP contribution >= 0.6 is 0 Å². The van der Waals surface area contributed by atoms with E-state index in [1.807, 2.05) is 31.3 Å². The van der Waals surface area contributed by atoms with Crippen LogP contribution < -0.4 is 14.8 Å². The molecule has 0 aromatic heterocycles. The third-order valence-electron chi connectivity index (χ3n) is 4.11. The van der Waals surface area contributed by atoms with Crippen LogP contribution in [0.4, 0.5) is 0 Å². The van der Waals surface area contributed by atoms with Gasteiger partial charge in [0.25, 0.3) is 0 Å². The van der Waals surface area contributed by atoms with Gasteiger partial charge in [0.2, 0.25) is 0 Å². The van der Waals surface area contributed by atoms with Crippen molar-refractivity contribution in [2.75, 3.05) is 33.8 Å². The Hall–Kier alpha value is -1.91. The first-order chi connectivity index (χ1) is 11.1. The molecule has 0 saturated carbocycles. The second-order valence-corrected chi connectivity index (χ2v) is 6.23. The largest absolute Gasteiger partial charge is 0.497 e. The normalized spacial score (nSPS) is 20.1. The Morgan fingerprint density at radius 1 is 1.35 bits per heavy atom. The predicted octanol–water partition coefficient (Wildman–Crippen LogP) is 2.77. The van der Waals surface area contributed by atoms with E-state index in [1.165, 1.54) is 12.8 Å². The second-order valence-electron chi connectivity index (χ2n) is 6.23. The minimum atomic E-state index is 0.0577. The highest BCUT2D eigenvalue weighted by atomic mass is 16.5. The Labute approximate surface area is 139 Å². The highest BCUT2D eigenvalue weighted by Gasteiger charge is 2.19. The van der Waals surface area contributed by atoms with E-state index in [4.69, 9.17) is 9.47 Å². The Balaban J connectivity index is 1.80. The lowest BCUT2D eigenvalue weighted by atomic mass is 10.0. The minimum absolute atomic E-state index is 0.0577. The van der Waals surface area contributed by atoms with Crippen molar-refractivity contribution in [1.82, 2.24) is 10.2 Å². The van der Waals surface area contributed by atoms with Crippen molar-refractivity contribution in [2.24, 2.45) is 10.9 Å². The summed E-state index contributed by atoms with van der Waals surface area (Å²) in [6, 6.07) is 7.67. The van der Waals surface area contributed by atoms with Crippen LogP contribution in [0.15, 0.2) is 29.3 Å². The van der Waals surface area contributed by atoms with Gasteiger partial charge in [-0.3, -0.25) is 4.99 Å². The molecule has 0 amide bonds. The standard InChI is InChI=1S/C18H29N3O2/c1-14-6-5-11-21(13-14)18(19-3)20-12-15(2)23-17-9-7-16(22-4)8-10-17/h7-10,14-15H,5-6,11-13H2,1-4H3,(H,19,20). The van der Waals surface area contributed by atoms with Crippen molar-refractivity contribution >= 4 is 5.96 Å². The minimum Gasteiger partial charge on any atom is -0.497 e. The number of piperidine rings is 1. The van der Waals surface area contributed by atoms with E-state index in [2.05, 4.69) is 29.1 Å². The van der Waals surface area contributed by atoms with Crippen LogP contribution in [-0.2, 0) is 0 Å². The molecule has 1 aromatic rings. The number of hydrogen-bond donors (Lipinski definition) is 1. The van der Waals surface area contributed by atoms with Gasteiger partial charge in [0.1, 0.15) is 17.6 Å².